The van der Waals surface area contributed by atoms with Crippen molar-refractivity contribution >= 4 is 12.2 Å². The first-order valence-electron chi connectivity index (χ1n) is 3.51. The number of hydrogen-bond acceptors (Lipinski definition) is 6. The highest BCUT2D eigenvalue weighted by atomic mass is 16.3. The molecule has 7 heteroatoms. The fourth-order valence-electron chi connectivity index (χ4n) is 0.728. The summed E-state index contributed by atoms with van der Waals surface area (Å²) in [5.41, 5.74) is 2.56. The minimum absolute atomic E-state index is 0.308. The van der Waals surface area contributed by atoms with Gasteiger partial charge in [0.05, 0.1) is 12.5 Å². The average molecular weight is 178 g/mol. The largest absolute Gasteiger partial charge is 0.463 e. The van der Waals surface area contributed by atoms with Crippen molar-refractivity contribution in [3.05, 3.63) is 24.2 Å². The zero-order chi connectivity index (χ0) is 8.93. The van der Waals surface area contributed by atoms with Crippen LogP contribution < -0.4 is 5.43 Å². The monoisotopic (exact) mass is 178 g/mol. The molecule has 0 amide bonds. The van der Waals surface area contributed by atoms with Crippen molar-refractivity contribution in [1.82, 2.24) is 20.6 Å². The normalized spacial score (nSPS) is 10.8. The molecule has 0 saturated heterocycles. The van der Waals surface area contributed by atoms with Crippen molar-refractivity contribution in [3.63, 3.8) is 0 Å². The maximum atomic E-state index is 5.00. The van der Waals surface area contributed by atoms with Gasteiger partial charge in [0, 0.05) is 0 Å². The molecule has 0 aliphatic heterocycles. The number of nitrogens with zero attached hydrogens (tertiary/aromatic N) is 4. The number of H-pyrrole nitrogens is 1. The lowest BCUT2D eigenvalue weighted by Crippen LogP contribution is -1.91. The van der Waals surface area contributed by atoms with Crippen molar-refractivity contribution in [2.75, 3.05) is 5.43 Å². The van der Waals surface area contributed by atoms with E-state index in [1.54, 1.807) is 18.4 Å². The van der Waals surface area contributed by atoms with E-state index in [2.05, 4.69) is 31.2 Å². The van der Waals surface area contributed by atoms with E-state index >= 15 is 0 Å². The Morgan fingerprint density at radius 1 is 1.62 bits per heavy atom. The van der Waals surface area contributed by atoms with Crippen LogP contribution in [0.4, 0.5) is 5.95 Å². The highest BCUT2D eigenvalue weighted by Gasteiger charge is 1.92. The zero-order valence-corrected chi connectivity index (χ0v) is 6.51. The molecule has 0 atom stereocenters. The van der Waals surface area contributed by atoms with E-state index in [1.807, 2.05) is 0 Å². The number of anilines is 1. The molecule has 0 unspecified atom stereocenters. The Bertz CT molecular complexity index is 364. The van der Waals surface area contributed by atoms with Gasteiger partial charge in [0.1, 0.15) is 5.76 Å². The van der Waals surface area contributed by atoms with Crippen molar-refractivity contribution in [1.29, 1.82) is 0 Å². The summed E-state index contributed by atoms with van der Waals surface area (Å²) in [5, 5.41) is 16.7. The Morgan fingerprint density at radius 3 is 3.31 bits per heavy atom. The molecule has 2 aromatic rings. The molecule has 2 heterocycles. The van der Waals surface area contributed by atoms with E-state index in [9.17, 15) is 0 Å². The summed E-state index contributed by atoms with van der Waals surface area (Å²) < 4.78 is 5.00. The molecule has 0 spiro atoms. The number of hydrazone groups is 1. The lowest BCUT2D eigenvalue weighted by molar-refractivity contribution is 0.560. The molecular formula is C6H6N6O. The zero-order valence-electron chi connectivity index (χ0n) is 6.51. The number of nitrogens with one attached hydrogen (secondary N) is 2. The molecule has 13 heavy (non-hydrogen) atoms. The molecule has 2 rings (SSSR count). The first kappa shape index (κ1) is 7.47. The van der Waals surface area contributed by atoms with Crippen LogP contribution in [0.3, 0.4) is 0 Å². The third kappa shape index (κ3) is 1.89. The third-order valence-corrected chi connectivity index (χ3v) is 1.24. The summed E-state index contributed by atoms with van der Waals surface area (Å²) in [5.74, 6) is 0.957. The second-order valence-electron chi connectivity index (χ2n) is 2.12. The maximum Gasteiger partial charge on any atom is 0.283 e. The maximum absolute atomic E-state index is 5.00. The smallest absolute Gasteiger partial charge is 0.283 e. The van der Waals surface area contributed by atoms with Crippen LogP contribution in [-0.2, 0) is 0 Å². The van der Waals surface area contributed by atoms with E-state index in [1.165, 1.54) is 6.21 Å². The molecule has 0 aliphatic carbocycles. The van der Waals surface area contributed by atoms with Crippen LogP contribution >= 0.6 is 0 Å². The van der Waals surface area contributed by atoms with Crippen LogP contribution in [0.1, 0.15) is 5.76 Å². The average Bonchev–Trinajstić information content (AvgIpc) is 2.75. The second-order valence-corrected chi connectivity index (χ2v) is 2.12. The Kier molecular flexibility index (Phi) is 2.00. The molecule has 0 radical (unpaired) electrons. The SMILES string of the molecule is C(=N\Nc1nn[nH]n1)/c1ccco1. The summed E-state index contributed by atoms with van der Waals surface area (Å²) in [4.78, 5) is 0. The van der Waals surface area contributed by atoms with Gasteiger partial charge in [0.25, 0.3) is 5.95 Å². The van der Waals surface area contributed by atoms with Crippen LogP contribution in [0.5, 0.6) is 0 Å². The van der Waals surface area contributed by atoms with E-state index in [0.717, 1.165) is 0 Å². The van der Waals surface area contributed by atoms with Gasteiger partial charge in [-0.3, -0.25) is 0 Å². The van der Waals surface area contributed by atoms with Gasteiger partial charge in [-0.05, 0) is 17.3 Å². The van der Waals surface area contributed by atoms with Crippen molar-refractivity contribution < 1.29 is 4.42 Å². The number of tetrazole rings is 1. The van der Waals surface area contributed by atoms with E-state index in [0.29, 0.717) is 11.7 Å². The molecule has 0 aromatic carbocycles. The third-order valence-electron chi connectivity index (χ3n) is 1.24. The van der Waals surface area contributed by atoms with E-state index in [4.69, 9.17) is 4.42 Å². The molecule has 0 saturated carbocycles. The summed E-state index contributed by atoms with van der Waals surface area (Å²) in [6.07, 6.45) is 3.08. The van der Waals surface area contributed by atoms with Gasteiger partial charge in [-0.1, -0.05) is 5.10 Å². The lowest BCUT2D eigenvalue weighted by Gasteiger charge is -1.87. The van der Waals surface area contributed by atoms with Crippen molar-refractivity contribution in [3.8, 4) is 0 Å². The molecule has 2 N–H and O–H groups in total. The number of rotatable bonds is 3. The summed E-state index contributed by atoms with van der Waals surface area (Å²) in [7, 11) is 0. The van der Waals surface area contributed by atoms with Gasteiger partial charge >= 0.3 is 0 Å². The highest BCUT2D eigenvalue weighted by molar-refractivity contribution is 5.76. The summed E-state index contributed by atoms with van der Waals surface area (Å²) >= 11 is 0. The predicted octanol–water partition coefficient (Wildman–Crippen LogP) is 0.239. The fraction of sp³-hybridized carbons (Fsp3) is 0. The molecular weight excluding hydrogens is 172 g/mol. The minimum Gasteiger partial charge on any atom is -0.463 e. The van der Waals surface area contributed by atoms with E-state index in [-0.39, 0.29) is 0 Å². The lowest BCUT2D eigenvalue weighted by atomic mass is 10.5. The summed E-state index contributed by atoms with van der Waals surface area (Å²) in [6, 6.07) is 3.55. The van der Waals surface area contributed by atoms with Crippen LogP contribution in [0, 0.1) is 0 Å². The number of hydrogen-bond donors (Lipinski definition) is 2. The first-order chi connectivity index (χ1) is 6.45. The number of aromatic amines is 1. The molecule has 0 fully saturated rings. The Labute approximate surface area is 72.8 Å². The van der Waals surface area contributed by atoms with Crippen LogP contribution in [0.15, 0.2) is 27.9 Å². The van der Waals surface area contributed by atoms with Crippen LogP contribution in [-0.4, -0.2) is 26.8 Å². The van der Waals surface area contributed by atoms with E-state index < -0.39 is 0 Å². The Hall–Kier alpha value is -2.18. The minimum atomic E-state index is 0.308. The fourth-order valence-corrected chi connectivity index (χ4v) is 0.728. The molecule has 0 bridgehead atoms. The van der Waals surface area contributed by atoms with Crippen molar-refractivity contribution in [2.24, 2.45) is 5.10 Å². The van der Waals surface area contributed by atoms with Gasteiger partial charge in [0.2, 0.25) is 0 Å². The Balaban J connectivity index is 1.93. The van der Waals surface area contributed by atoms with Gasteiger partial charge < -0.3 is 4.42 Å². The molecule has 66 valence electrons. The molecule has 2 aromatic heterocycles. The summed E-state index contributed by atoms with van der Waals surface area (Å²) in [6.45, 7) is 0. The molecule has 0 aliphatic rings. The first-order valence-corrected chi connectivity index (χ1v) is 3.51. The predicted molar refractivity (Wildman–Crippen MR) is 44.1 cm³/mol. The number of furan rings is 1. The van der Waals surface area contributed by atoms with Gasteiger partial charge in [-0.2, -0.15) is 10.3 Å². The number of aromatic nitrogens is 4. The molecule has 7 nitrogen and oxygen atoms in total. The van der Waals surface area contributed by atoms with Gasteiger partial charge in [-0.25, -0.2) is 5.43 Å². The highest BCUT2D eigenvalue weighted by Crippen LogP contribution is 1.95. The standard InChI is InChI=1S/C6H6N6O/c1-2-5(13-3-1)4-7-8-6-9-11-12-10-6/h1-4H,(H2,8,9,10,11,12)/b7-4+. The van der Waals surface area contributed by atoms with Crippen LogP contribution in [0.2, 0.25) is 0 Å². The quantitative estimate of drug-likeness (QED) is 0.518. The second kappa shape index (κ2) is 3.48. The topological polar surface area (TPSA) is 92.0 Å². The van der Waals surface area contributed by atoms with Gasteiger partial charge in [0.15, 0.2) is 0 Å². The van der Waals surface area contributed by atoms with Crippen LogP contribution in [0.25, 0.3) is 0 Å². The van der Waals surface area contributed by atoms with Crippen molar-refractivity contribution in [2.45, 2.75) is 0 Å². The van der Waals surface area contributed by atoms with Gasteiger partial charge in [-0.15, -0.1) is 5.10 Å². The Morgan fingerprint density at radius 2 is 2.62 bits per heavy atom.